The van der Waals surface area contributed by atoms with E-state index in [0.29, 0.717) is 5.56 Å². The average molecular weight is 299 g/mol. The smallest absolute Gasteiger partial charge is 0.256 e. The van der Waals surface area contributed by atoms with Gasteiger partial charge in [-0.05, 0) is 24.1 Å². The number of aryl methyl sites for hydroxylation is 1. The zero-order valence-corrected chi connectivity index (χ0v) is 12.7. The SMILES string of the molecule is CCCc1ccccc1NC(=O)c1csc(C#CCO)c1. The van der Waals surface area contributed by atoms with Gasteiger partial charge in [-0.1, -0.05) is 43.4 Å². The van der Waals surface area contributed by atoms with Crippen LogP contribution in [0.3, 0.4) is 0 Å². The minimum atomic E-state index is -0.177. The summed E-state index contributed by atoms with van der Waals surface area (Å²) in [6.07, 6.45) is 1.97. The zero-order chi connectivity index (χ0) is 15.1. The molecule has 0 saturated heterocycles. The lowest BCUT2D eigenvalue weighted by atomic mass is 10.1. The van der Waals surface area contributed by atoms with E-state index in [4.69, 9.17) is 5.11 Å². The maximum absolute atomic E-state index is 12.3. The van der Waals surface area contributed by atoms with Gasteiger partial charge in [-0.2, -0.15) is 0 Å². The highest BCUT2D eigenvalue weighted by molar-refractivity contribution is 7.10. The third kappa shape index (κ3) is 4.19. The maximum Gasteiger partial charge on any atom is 0.256 e. The number of hydrogen-bond acceptors (Lipinski definition) is 3. The summed E-state index contributed by atoms with van der Waals surface area (Å²) in [5, 5.41) is 13.4. The molecule has 0 bridgehead atoms. The predicted molar refractivity (Wildman–Crippen MR) is 86.7 cm³/mol. The number of aliphatic hydroxyl groups is 1. The molecule has 3 nitrogen and oxygen atoms in total. The Morgan fingerprint density at radius 2 is 2.19 bits per heavy atom. The van der Waals surface area contributed by atoms with E-state index in [2.05, 4.69) is 24.1 Å². The second kappa shape index (κ2) is 7.63. The molecule has 0 radical (unpaired) electrons. The molecule has 0 unspecified atom stereocenters. The van der Waals surface area contributed by atoms with E-state index in [9.17, 15) is 4.79 Å². The van der Waals surface area contributed by atoms with Crippen LogP contribution in [0.5, 0.6) is 0 Å². The Hall–Kier alpha value is -2.09. The van der Waals surface area contributed by atoms with Gasteiger partial charge in [0.2, 0.25) is 0 Å². The fraction of sp³-hybridized carbons (Fsp3) is 0.235. The molecule has 0 aliphatic rings. The molecular weight excluding hydrogens is 282 g/mol. The number of carbonyl (C=O) groups is 1. The number of nitrogens with one attached hydrogen (secondary N) is 1. The van der Waals surface area contributed by atoms with E-state index in [0.717, 1.165) is 29.0 Å². The molecule has 0 aliphatic carbocycles. The minimum absolute atomic E-state index is 0.133. The lowest BCUT2D eigenvalue weighted by Crippen LogP contribution is -2.12. The fourth-order valence-electron chi connectivity index (χ4n) is 1.97. The highest BCUT2D eigenvalue weighted by Gasteiger charge is 2.10. The van der Waals surface area contributed by atoms with E-state index in [1.54, 1.807) is 11.4 Å². The summed E-state index contributed by atoms with van der Waals surface area (Å²) in [6, 6.07) is 9.59. The molecule has 108 valence electrons. The minimum Gasteiger partial charge on any atom is -0.384 e. The Morgan fingerprint density at radius 3 is 2.95 bits per heavy atom. The second-order valence-electron chi connectivity index (χ2n) is 4.52. The van der Waals surface area contributed by atoms with Crippen LogP contribution in [-0.2, 0) is 6.42 Å². The number of anilines is 1. The summed E-state index contributed by atoms with van der Waals surface area (Å²) < 4.78 is 0. The first kappa shape index (κ1) is 15.3. The number of aliphatic hydroxyl groups excluding tert-OH is 1. The number of thiophene rings is 1. The van der Waals surface area contributed by atoms with Crippen LogP contribution in [0.4, 0.5) is 5.69 Å². The van der Waals surface area contributed by atoms with E-state index in [1.807, 2.05) is 24.3 Å². The van der Waals surface area contributed by atoms with Crippen LogP contribution in [0.1, 0.15) is 34.1 Å². The van der Waals surface area contributed by atoms with E-state index >= 15 is 0 Å². The largest absolute Gasteiger partial charge is 0.384 e. The number of para-hydroxylation sites is 1. The van der Waals surface area contributed by atoms with Crippen molar-refractivity contribution in [1.29, 1.82) is 0 Å². The Labute approximate surface area is 128 Å². The quantitative estimate of drug-likeness (QED) is 0.851. The summed E-state index contributed by atoms with van der Waals surface area (Å²) in [4.78, 5) is 13.0. The van der Waals surface area contributed by atoms with Crippen molar-refractivity contribution in [3.05, 3.63) is 51.7 Å². The highest BCUT2D eigenvalue weighted by atomic mass is 32.1. The molecule has 2 aromatic rings. The normalized spacial score (nSPS) is 9.81. The first-order valence-electron chi connectivity index (χ1n) is 6.82. The van der Waals surface area contributed by atoms with E-state index < -0.39 is 0 Å². The average Bonchev–Trinajstić information content (AvgIpc) is 2.96. The fourth-order valence-corrected chi connectivity index (χ4v) is 2.73. The Balaban J connectivity index is 2.13. The van der Waals surface area contributed by atoms with Crippen LogP contribution in [-0.4, -0.2) is 17.6 Å². The number of amides is 1. The molecule has 0 atom stereocenters. The lowest BCUT2D eigenvalue weighted by Gasteiger charge is -2.09. The van der Waals surface area contributed by atoms with Crippen molar-refractivity contribution in [2.75, 3.05) is 11.9 Å². The second-order valence-corrected chi connectivity index (χ2v) is 5.43. The summed E-state index contributed by atoms with van der Waals surface area (Å²) >= 11 is 1.40. The molecule has 1 aromatic carbocycles. The third-order valence-corrected chi connectivity index (χ3v) is 3.78. The third-order valence-electron chi connectivity index (χ3n) is 2.94. The van der Waals surface area contributed by atoms with Crippen LogP contribution in [0.25, 0.3) is 0 Å². The van der Waals surface area contributed by atoms with Gasteiger partial charge in [-0.15, -0.1) is 11.3 Å². The molecule has 1 heterocycles. The van der Waals surface area contributed by atoms with Gasteiger partial charge in [0.05, 0.1) is 10.4 Å². The van der Waals surface area contributed by atoms with Gasteiger partial charge in [-0.3, -0.25) is 4.79 Å². The molecule has 0 fully saturated rings. The maximum atomic E-state index is 12.3. The first-order valence-corrected chi connectivity index (χ1v) is 7.70. The van der Waals surface area contributed by atoms with Crippen molar-refractivity contribution in [2.24, 2.45) is 0 Å². The molecule has 0 aliphatic heterocycles. The van der Waals surface area contributed by atoms with Crippen LogP contribution < -0.4 is 5.32 Å². The molecule has 0 saturated carbocycles. The molecule has 2 rings (SSSR count). The number of benzene rings is 1. The van der Waals surface area contributed by atoms with E-state index in [1.165, 1.54) is 11.3 Å². The van der Waals surface area contributed by atoms with Crippen molar-refractivity contribution in [3.63, 3.8) is 0 Å². The molecular formula is C17H17NO2S. The Kier molecular flexibility index (Phi) is 5.56. The number of carbonyl (C=O) groups excluding carboxylic acids is 1. The standard InChI is InChI=1S/C17H17NO2S/c1-2-6-13-7-3-4-9-16(13)18-17(20)14-11-15(21-12-14)8-5-10-19/h3-4,7,9,11-12,19H,2,6,10H2,1H3,(H,18,20). The van der Waals surface area contributed by atoms with Gasteiger partial charge >= 0.3 is 0 Å². The van der Waals surface area contributed by atoms with Gasteiger partial charge < -0.3 is 10.4 Å². The summed E-state index contributed by atoms with van der Waals surface area (Å²) in [7, 11) is 0. The van der Waals surface area contributed by atoms with Gasteiger partial charge in [0.15, 0.2) is 0 Å². The highest BCUT2D eigenvalue weighted by Crippen LogP contribution is 2.19. The summed E-state index contributed by atoms with van der Waals surface area (Å²) in [5.41, 5.74) is 2.59. The topological polar surface area (TPSA) is 49.3 Å². The van der Waals surface area contributed by atoms with Crippen molar-refractivity contribution < 1.29 is 9.90 Å². The first-order chi connectivity index (χ1) is 10.2. The van der Waals surface area contributed by atoms with Crippen LogP contribution in [0, 0.1) is 11.8 Å². The van der Waals surface area contributed by atoms with Crippen LogP contribution in [0.2, 0.25) is 0 Å². The van der Waals surface area contributed by atoms with Gasteiger partial charge in [0.1, 0.15) is 6.61 Å². The number of rotatable bonds is 4. The van der Waals surface area contributed by atoms with Gasteiger partial charge in [-0.25, -0.2) is 0 Å². The monoisotopic (exact) mass is 299 g/mol. The molecule has 2 N–H and O–H groups in total. The molecule has 1 aromatic heterocycles. The summed E-state index contributed by atoms with van der Waals surface area (Å²) in [5.74, 6) is 5.25. The molecule has 0 spiro atoms. The molecule has 4 heteroatoms. The van der Waals surface area contributed by atoms with Crippen LogP contribution in [0.15, 0.2) is 35.7 Å². The van der Waals surface area contributed by atoms with Gasteiger partial charge in [0, 0.05) is 11.1 Å². The Morgan fingerprint density at radius 1 is 1.38 bits per heavy atom. The van der Waals surface area contributed by atoms with Crippen molar-refractivity contribution in [1.82, 2.24) is 0 Å². The molecule has 21 heavy (non-hydrogen) atoms. The number of hydrogen-bond donors (Lipinski definition) is 2. The van der Waals surface area contributed by atoms with Crippen molar-refractivity contribution in [3.8, 4) is 11.8 Å². The van der Waals surface area contributed by atoms with E-state index in [-0.39, 0.29) is 12.5 Å². The van der Waals surface area contributed by atoms with Crippen molar-refractivity contribution >= 4 is 22.9 Å². The summed E-state index contributed by atoms with van der Waals surface area (Å²) in [6.45, 7) is 1.94. The predicted octanol–water partition coefficient (Wildman–Crippen LogP) is 3.30. The zero-order valence-electron chi connectivity index (χ0n) is 11.8. The lowest BCUT2D eigenvalue weighted by molar-refractivity contribution is 0.102. The Bertz CT molecular complexity index is 679. The van der Waals surface area contributed by atoms with Crippen molar-refractivity contribution in [2.45, 2.75) is 19.8 Å². The molecule has 1 amide bonds. The van der Waals surface area contributed by atoms with Crippen LogP contribution >= 0.6 is 11.3 Å². The van der Waals surface area contributed by atoms with Gasteiger partial charge in [0.25, 0.3) is 5.91 Å².